The lowest BCUT2D eigenvalue weighted by atomic mass is 10.1. The largest absolute Gasteiger partial charge is 0.438 e. The first-order chi connectivity index (χ1) is 14.3. The highest BCUT2D eigenvalue weighted by molar-refractivity contribution is 5.49. The predicted octanol–water partition coefficient (Wildman–Crippen LogP) is 2.80. The number of oxazole rings is 1. The van der Waals surface area contributed by atoms with E-state index in [1.165, 1.54) is 6.20 Å². The number of hydrogen-bond donors (Lipinski definition) is 0. The number of nitrogens with zero attached hydrogens (tertiary/aromatic N) is 6. The molecule has 2 aliphatic heterocycles. The molecule has 0 aromatic carbocycles. The van der Waals surface area contributed by atoms with Gasteiger partial charge in [0.05, 0.1) is 25.8 Å². The first-order valence-corrected chi connectivity index (χ1v) is 8.94. The Balaban J connectivity index is 1.26. The van der Waals surface area contributed by atoms with E-state index in [1.54, 1.807) is 4.57 Å². The minimum atomic E-state index is -0.837. The number of pyridine rings is 1. The van der Waals surface area contributed by atoms with Crippen LogP contribution in [-0.4, -0.2) is 34.9 Å². The molecule has 5 rings (SSSR count). The molecule has 0 spiro atoms. The van der Waals surface area contributed by atoms with E-state index >= 15 is 0 Å². The van der Waals surface area contributed by atoms with Crippen molar-refractivity contribution in [3.63, 3.8) is 0 Å². The van der Waals surface area contributed by atoms with E-state index in [1.807, 2.05) is 24.1 Å². The first kappa shape index (κ1) is 18.2. The Hall–Kier alpha value is -3.83. The number of rotatable bonds is 4. The SMILES string of the molecule is C[C@]1(/C=C/N2Cc3nc(-c4ncc(F)cc4F)oc3C2)Cn2cc([N+](=O)[O-])nc2O1. The minimum absolute atomic E-state index is 0.0132. The van der Waals surface area contributed by atoms with Crippen molar-refractivity contribution in [3.8, 4) is 17.6 Å². The fourth-order valence-corrected chi connectivity index (χ4v) is 3.44. The summed E-state index contributed by atoms with van der Waals surface area (Å²) in [6.07, 6.45) is 5.91. The van der Waals surface area contributed by atoms with Gasteiger partial charge in [0.25, 0.3) is 0 Å². The summed E-state index contributed by atoms with van der Waals surface area (Å²) in [6.45, 7) is 3.07. The van der Waals surface area contributed by atoms with Crippen LogP contribution < -0.4 is 4.74 Å². The van der Waals surface area contributed by atoms with E-state index in [-0.39, 0.29) is 23.4 Å². The molecule has 0 aliphatic carbocycles. The van der Waals surface area contributed by atoms with Gasteiger partial charge in [0.2, 0.25) is 5.89 Å². The smallest absolute Gasteiger partial charge is 0.415 e. The van der Waals surface area contributed by atoms with Crippen LogP contribution in [0.4, 0.5) is 14.6 Å². The van der Waals surface area contributed by atoms with Crippen LogP contribution in [0.15, 0.2) is 35.2 Å². The van der Waals surface area contributed by atoms with Crippen LogP contribution in [0.25, 0.3) is 11.6 Å². The molecule has 0 saturated heterocycles. The summed E-state index contributed by atoms with van der Waals surface area (Å²) in [6, 6.07) is 0.927. The predicted molar refractivity (Wildman–Crippen MR) is 96.0 cm³/mol. The highest BCUT2D eigenvalue weighted by Gasteiger charge is 2.39. The fourth-order valence-electron chi connectivity index (χ4n) is 3.44. The Bertz CT molecular complexity index is 1160. The number of fused-ring (bicyclic) bond motifs is 2. The normalized spacial score (nSPS) is 19.9. The van der Waals surface area contributed by atoms with Crippen LogP contribution in [0.3, 0.4) is 0 Å². The van der Waals surface area contributed by atoms with Crippen molar-refractivity contribution in [1.29, 1.82) is 0 Å². The number of ether oxygens (including phenoxy) is 1. The molecule has 10 nitrogen and oxygen atoms in total. The molecule has 0 amide bonds. The van der Waals surface area contributed by atoms with Crippen LogP contribution in [0, 0.1) is 21.7 Å². The Morgan fingerprint density at radius 3 is 2.87 bits per heavy atom. The molecule has 0 N–H and O–H groups in total. The number of imidazole rings is 1. The van der Waals surface area contributed by atoms with Crippen LogP contribution in [0.1, 0.15) is 18.4 Å². The number of nitro groups is 1. The van der Waals surface area contributed by atoms with Gasteiger partial charge in [-0.15, -0.1) is 0 Å². The highest BCUT2D eigenvalue weighted by Crippen LogP contribution is 2.33. The monoisotopic (exact) mass is 416 g/mol. The summed E-state index contributed by atoms with van der Waals surface area (Å²) in [5, 5.41) is 10.8. The molecule has 3 aromatic heterocycles. The lowest BCUT2D eigenvalue weighted by molar-refractivity contribution is -0.389. The highest BCUT2D eigenvalue weighted by atomic mass is 19.1. The van der Waals surface area contributed by atoms with Gasteiger partial charge in [-0.1, -0.05) is 0 Å². The molecule has 0 radical (unpaired) electrons. The molecule has 2 aliphatic rings. The van der Waals surface area contributed by atoms with Gasteiger partial charge in [0.1, 0.15) is 29.1 Å². The molecule has 154 valence electrons. The van der Waals surface area contributed by atoms with E-state index in [2.05, 4.69) is 15.0 Å². The third-order valence-corrected chi connectivity index (χ3v) is 4.85. The second kappa shape index (κ2) is 6.34. The molecule has 0 unspecified atom stereocenters. The fraction of sp³-hybridized carbons (Fsp3) is 0.278. The Labute approximate surface area is 167 Å². The minimum Gasteiger partial charge on any atom is -0.438 e. The molecule has 1 atom stereocenters. The van der Waals surface area contributed by atoms with E-state index in [4.69, 9.17) is 9.15 Å². The van der Waals surface area contributed by atoms with Gasteiger partial charge in [-0.05, 0) is 24.1 Å². The molecular weight excluding hydrogens is 402 g/mol. The Morgan fingerprint density at radius 2 is 2.17 bits per heavy atom. The van der Waals surface area contributed by atoms with Crippen molar-refractivity contribution >= 4 is 5.82 Å². The van der Waals surface area contributed by atoms with E-state index in [0.29, 0.717) is 31.1 Å². The Kier molecular flexibility index (Phi) is 3.85. The molecule has 0 fully saturated rings. The van der Waals surface area contributed by atoms with Gasteiger partial charge < -0.3 is 24.2 Å². The molecule has 30 heavy (non-hydrogen) atoms. The van der Waals surface area contributed by atoms with Gasteiger partial charge >= 0.3 is 11.8 Å². The van der Waals surface area contributed by atoms with Gasteiger partial charge in [-0.25, -0.2) is 18.7 Å². The zero-order valence-corrected chi connectivity index (χ0v) is 15.6. The van der Waals surface area contributed by atoms with E-state index < -0.39 is 22.2 Å². The van der Waals surface area contributed by atoms with E-state index in [9.17, 15) is 18.9 Å². The number of hydrogen-bond acceptors (Lipinski definition) is 8. The van der Waals surface area contributed by atoms with Crippen molar-refractivity contribution in [1.82, 2.24) is 24.4 Å². The van der Waals surface area contributed by atoms with Crippen molar-refractivity contribution < 1.29 is 22.9 Å². The van der Waals surface area contributed by atoms with Crippen LogP contribution in [0.2, 0.25) is 0 Å². The average Bonchev–Trinajstić information content (AvgIpc) is 3.38. The van der Waals surface area contributed by atoms with Crippen molar-refractivity contribution in [2.24, 2.45) is 0 Å². The summed E-state index contributed by atoms with van der Waals surface area (Å²) in [7, 11) is 0. The van der Waals surface area contributed by atoms with Gasteiger partial charge in [0, 0.05) is 11.1 Å². The van der Waals surface area contributed by atoms with Crippen LogP contribution >= 0.6 is 0 Å². The maximum Gasteiger partial charge on any atom is 0.415 e. The van der Waals surface area contributed by atoms with E-state index in [0.717, 1.165) is 12.3 Å². The topological polar surface area (TPSA) is 112 Å². The lowest BCUT2D eigenvalue weighted by Crippen LogP contribution is -2.29. The second-order valence-corrected chi connectivity index (χ2v) is 7.27. The maximum absolute atomic E-state index is 13.9. The third-order valence-electron chi connectivity index (χ3n) is 4.85. The zero-order valence-electron chi connectivity index (χ0n) is 15.6. The van der Waals surface area contributed by atoms with Crippen LogP contribution in [-0.2, 0) is 19.6 Å². The molecule has 0 saturated carbocycles. The third kappa shape index (κ3) is 3.06. The molecule has 5 heterocycles. The molecular formula is C18H14F2N6O4. The lowest BCUT2D eigenvalue weighted by Gasteiger charge is -2.19. The average molecular weight is 416 g/mol. The van der Waals surface area contributed by atoms with Crippen LogP contribution in [0.5, 0.6) is 6.01 Å². The molecule has 3 aromatic rings. The van der Waals surface area contributed by atoms with Crippen molar-refractivity contribution in [2.45, 2.75) is 32.2 Å². The summed E-state index contributed by atoms with van der Waals surface area (Å²) in [5.74, 6) is -1.28. The first-order valence-electron chi connectivity index (χ1n) is 8.94. The van der Waals surface area contributed by atoms with Crippen molar-refractivity contribution in [3.05, 3.63) is 63.9 Å². The summed E-state index contributed by atoms with van der Waals surface area (Å²) >= 11 is 0. The molecule has 12 heteroatoms. The molecule has 0 bridgehead atoms. The summed E-state index contributed by atoms with van der Waals surface area (Å²) in [5.41, 5.74) is -0.203. The number of halogens is 2. The quantitative estimate of drug-likeness (QED) is 0.471. The second-order valence-electron chi connectivity index (χ2n) is 7.27. The summed E-state index contributed by atoms with van der Waals surface area (Å²) in [4.78, 5) is 24.0. The van der Waals surface area contributed by atoms with Crippen molar-refractivity contribution in [2.75, 3.05) is 0 Å². The summed E-state index contributed by atoms with van der Waals surface area (Å²) < 4.78 is 39.9. The Morgan fingerprint density at radius 1 is 1.33 bits per heavy atom. The van der Waals surface area contributed by atoms with Gasteiger partial charge in [-0.3, -0.25) is 4.57 Å². The van der Waals surface area contributed by atoms with Gasteiger partial charge in [0.15, 0.2) is 11.5 Å². The van der Waals surface area contributed by atoms with Gasteiger partial charge in [-0.2, -0.15) is 0 Å². The maximum atomic E-state index is 13.9. The number of aromatic nitrogens is 4. The standard InChI is InChI=1S/C18H14F2N6O4/c1-18(9-25-8-14(26(27)28)23-17(25)30-18)2-3-24-6-12-13(7-24)29-16(22-12)15-11(20)4-10(19)5-21-15/h2-5,8H,6-7,9H2,1H3/b3-2+/t18-/m0/s1. The zero-order chi connectivity index (χ0) is 21.0.